The molecule has 0 saturated heterocycles. The Morgan fingerprint density at radius 3 is 2.91 bits per heavy atom. The van der Waals surface area contributed by atoms with Crippen LogP contribution < -0.4 is 5.32 Å². The molecule has 0 aliphatic carbocycles. The maximum absolute atomic E-state index is 13.0. The lowest BCUT2D eigenvalue weighted by molar-refractivity contribution is -0.120. The molecule has 3 aromatic heterocycles. The number of rotatable bonds is 4. The van der Waals surface area contributed by atoms with Gasteiger partial charge in [0.05, 0.1) is 6.26 Å². The fourth-order valence-electron chi connectivity index (χ4n) is 1.76. The van der Waals surface area contributed by atoms with Crippen molar-refractivity contribution in [2.75, 3.05) is 5.32 Å². The predicted octanol–water partition coefficient (Wildman–Crippen LogP) is 2.22. The van der Waals surface area contributed by atoms with E-state index in [0.29, 0.717) is 11.5 Å². The van der Waals surface area contributed by atoms with Gasteiger partial charge < -0.3 is 9.73 Å². The van der Waals surface area contributed by atoms with Gasteiger partial charge in [0.2, 0.25) is 0 Å². The Labute approximate surface area is 124 Å². The van der Waals surface area contributed by atoms with Gasteiger partial charge in [0.25, 0.3) is 11.9 Å². The number of anilines is 1. The summed E-state index contributed by atoms with van der Waals surface area (Å²) >= 11 is 0. The molecule has 0 aliphatic heterocycles. The van der Waals surface area contributed by atoms with Crippen LogP contribution in [0.5, 0.6) is 0 Å². The van der Waals surface area contributed by atoms with E-state index in [2.05, 4.69) is 20.4 Å². The van der Waals surface area contributed by atoms with Crippen LogP contribution >= 0.6 is 0 Å². The van der Waals surface area contributed by atoms with Crippen molar-refractivity contribution in [1.82, 2.24) is 19.7 Å². The molecule has 8 heteroatoms. The highest BCUT2D eigenvalue weighted by Gasteiger charge is 2.15. The molecule has 0 saturated carbocycles. The Morgan fingerprint density at radius 1 is 1.41 bits per heavy atom. The maximum atomic E-state index is 13.0. The van der Waals surface area contributed by atoms with E-state index in [0.717, 1.165) is 6.92 Å². The Morgan fingerprint density at radius 2 is 2.27 bits per heavy atom. The van der Waals surface area contributed by atoms with Gasteiger partial charge in [-0.2, -0.15) is 10.1 Å². The second-order valence-electron chi connectivity index (χ2n) is 4.47. The van der Waals surface area contributed by atoms with Gasteiger partial charge in [-0.1, -0.05) is 0 Å². The van der Waals surface area contributed by atoms with Crippen LogP contribution in [0.1, 0.15) is 6.92 Å². The zero-order valence-corrected chi connectivity index (χ0v) is 11.6. The summed E-state index contributed by atoms with van der Waals surface area (Å²) in [6.07, 6.45) is 3.10. The van der Waals surface area contributed by atoms with Gasteiger partial charge in [-0.05, 0) is 25.1 Å². The van der Waals surface area contributed by atoms with Gasteiger partial charge >= 0.3 is 0 Å². The Balaban J connectivity index is 2.04. The van der Waals surface area contributed by atoms with Crippen LogP contribution in [-0.2, 0) is 4.79 Å². The molecule has 0 aromatic carbocycles. The summed E-state index contributed by atoms with van der Waals surface area (Å²) in [5.74, 6) is 0.122. The summed E-state index contributed by atoms with van der Waals surface area (Å²) in [4.78, 5) is 20.0. The maximum Gasteiger partial charge on any atom is 0.259 e. The molecular weight excluding hydrogens is 289 g/mol. The minimum absolute atomic E-state index is 0.168. The molecule has 22 heavy (non-hydrogen) atoms. The molecular formula is C14H12FN5O2. The van der Waals surface area contributed by atoms with E-state index in [-0.39, 0.29) is 11.8 Å². The first-order valence-corrected chi connectivity index (χ1v) is 6.51. The number of nitrogens with one attached hydrogen (secondary N) is 1. The number of carbonyl (C=O) groups excluding carboxylic acids is 1. The predicted molar refractivity (Wildman–Crippen MR) is 76.1 cm³/mol. The first kappa shape index (κ1) is 13.9. The van der Waals surface area contributed by atoms with Crippen LogP contribution in [0.4, 0.5) is 10.2 Å². The van der Waals surface area contributed by atoms with Gasteiger partial charge in [0, 0.05) is 18.5 Å². The summed E-state index contributed by atoms with van der Waals surface area (Å²) in [7, 11) is 0. The highest BCUT2D eigenvalue weighted by molar-refractivity contribution is 5.93. The molecule has 0 aliphatic rings. The van der Waals surface area contributed by atoms with Gasteiger partial charge in [-0.25, -0.2) is 14.1 Å². The Hall–Kier alpha value is -3.03. The number of hydrogen-bond donors (Lipinski definition) is 1. The third-order valence-electron chi connectivity index (χ3n) is 2.81. The Kier molecular flexibility index (Phi) is 3.65. The average molecular weight is 301 g/mol. The average Bonchev–Trinajstić information content (AvgIpc) is 3.20. The highest BCUT2D eigenvalue weighted by Crippen LogP contribution is 2.21. The van der Waals surface area contributed by atoms with E-state index in [9.17, 15) is 9.18 Å². The second-order valence-corrected chi connectivity index (χ2v) is 4.47. The van der Waals surface area contributed by atoms with Crippen LogP contribution in [0, 0.1) is 0 Å². The van der Waals surface area contributed by atoms with Crippen molar-refractivity contribution in [3.05, 3.63) is 42.9 Å². The first-order valence-electron chi connectivity index (χ1n) is 6.51. The summed E-state index contributed by atoms with van der Waals surface area (Å²) < 4.78 is 19.8. The fraction of sp³-hybridized carbons (Fsp3) is 0.143. The number of halogens is 1. The highest BCUT2D eigenvalue weighted by atomic mass is 19.1. The van der Waals surface area contributed by atoms with Crippen LogP contribution in [0.2, 0.25) is 0 Å². The minimum atomic E-state index is -1.64. The molecule has 0 spiro atoms. The van der Waals surface area contributed by atoms with Gasteiger partial charge in [-0.3, -0.25) is 4.79 Å². The van der Waals surface area contributed by atoms with Crippen molar-refractivity contribution in [3.63, 3.8) is 0 Å². The molecule has 3 rings (SSSR count). The third kappa shape index (κ3) is 2.85. The summed E-state index contributed by atoms with van der Waals surface area (Å²) in [6, 6.07) is 6.66. The van der Waals surface area contributed by atoms with E-state index in [1.807, 2.05) is 0 Å². The van der Waals surface area contributed by atoms with Gasteiger partial charge in [-0.15, -0.1) is 0 Å². The van der Waals surface area contributed by atoms with E-state index in [1.54, 1.807) is 30.6 Å². The molecule has 112 valence electrons. The first-order chi connectivity index (χ1) is 10.6. The number of furan rings is 1. The third-order valence-corrected chi connectivity index (χ3v) is 2.81. The molecule has 0 bridgehead atoms. The van der Waals surface area contributed by atoms with Gasteiger partial charge in [0.1, 0.15) is 11.5 Å². The zero-order valence-electron chi connectivity index (χ0n) is 11.6. The van der Waals surface area contributed by atoms with E-state index < -0.39 is 12.1 Å². The quantitative estimate of drug-likeness (QED) is 0.798. The summed E-state index contributed by atoms with van der Waals surface area (Å²) in [5.41, 5.74) is 0.451. The number of carbonyl (C=O) groups is 1. The van der Waals surface area contributed by atoms with Crippen molar-refractivity contribution in [3.8, 4) is 17.4 Å². The van der Waals surface area contributed by atoms with Crippen LogP contribution in [0.25, 0.3) is 17.4 Å². The van der Waals surface area contributed by atoms with E-state index in [4.69, 9.17) is 4.42 Å². The van der Waals surface area contributed by atoms with E-state index >= 15 is 0 Å². The topological polar surface area (TPSA) is 85.8 Å². The summed E-state index contributed by atoms with van der Waals surface area (Å²) in [6.45, 7) is 1.15. The molecule has 1 unspecified atom stereocenters. The number of amides is 1. The zero-order chi connectivity index (χ0) is 15.5. The number of nitrogens with zero attached hydrogens (tertiary/aromatic N) is 4. The van der Waals surface area contributed by atoms with Crippen molar-refractivity contribution < 1.29 is 13.6 Å². The standard InChI is InChI=1S/C14H12FN5O2/c1-9(15)13(21)18-12-8-10(11-4-2-7-22-11)17-14(19-12)20-6-3-5-16-20/h2-9H,1H3,(H,17,18,19,21). The second kappa shape index (κ2) is 5.76. The van der Waals surface area contributed by atoms with E-state index in [1.165, 1.54) is 17.0 Å². The minimum Gasteiger partial charge on any atom is -0.463 e. The smallest absolute Gasteiger partial charge is 0.259 e. The lowest BCUT2D eigenvalue weighted by Crippen LogP contribution is -2.22. The molecule has 1 atom stereocenters. The monoisotopic (exact) mass is 301 g/mol. The van der Waals surface area contributed by atoms with Crippen LogP contribution in [-0.4, -0.2) is 31.8 Å². The van der Waals surface area contributed by atoms with Crippen molar-refractivity contribution >= 4 is 11.7 Å². The molecule has 7 nitrogen and oxygen atoms in total. The lowest BCUT2D eigenvalue weighted by atomic mass is 10.3. The number of hydrogen-bond acceptors (Lipinski definition) is 5. The van der Waals surface area contributed by atoms with Crippen LogP contribution in [0.15, 0.2) is 47.3 Å². The fourth-order valence-corrected chi connectivity index (χ4v) is 1.76. The molecule has 1 amide bonds. The summed E-state index contributed by atoms with van der Waals surface area (Å²) in [5, 5.41) is 6.44. The lowest BCUT2D eigenvalue weighted by Gasteiger charge is -2.08. The SMILES string of the molecule is CC(F)C(=O)Nc1cc(-c2ccco2)nc(-n2cccn2)n1. The Bertz CT molecular complexity index is 716. The largest absolute Gasteiger partial charge is 0.463 e. The van der Waals surface area contributed by atoms with Crippen molar-refractivity contribution in [2.45, 2.75) is 13.1 Å². The van der Waals surface area contributed by atoms with Crippen molar-refractivity contribution in [2.24, 2.45) is 0 Å². The molecule has 3 aromatic rings. The normalized spacial score (nSPS) is 12.1. The van der Waals surface area contributed by atoms with Gasteiger partial charge in [0.15, 0.2) is 11.9 Å². The number of alkyl halides is 1. The molecule has 0 fully saturated rings. The molecule has 3 heterocycles. The number of aromatic nitrogens is 4. The molecule has 1 N–H and O–H groups in total. The molecule has 0 radical (unpaired) electrons. The van der Waals surface area contributed by atoms with Crippen molar-refractivity contribution in [1.29, 1.82) is 0 Å². The van der Waals surface area contributed by atoms with Crippen LogP contribution in [0.3, 0.4) is 0 Å².